The van der Waals surface area contributed by atoms with E-state index in [2.05, 4.69) is 15.8 Å². The fourth-order valence-corrected chi connectivity index (χ4v) is 3.16. The van der Waals surface area contributed by atoms with Gasteiger partial charge in [0.2, 0.25) is 11.8 Å². The number of rotatable bonds is 9. The first-order chi connectivity index (χ1) is 13.8. The average Bonchev–Trinajstić information content (AvgIpc) is 3.10. The molecule has 0 radical (unpaired) electrons. The van der Waals surface area contributed by atoms with Gasteiger partial charge in [0.15, 0.2) is 5.82 Å². The van der Waals surface area contributed by atoms with Gasteiger partial charge in [0.05, 0.1) is 30.6 Å². The molecule has 2 atom stereocenters. The predicted octanol–water partition coefficient (Wildman–Crippen LogP) is 2.77. The molecule has 0 saturated heterocycles. The van der Waals surface area contributed by atoms with Crippen LogP contribution in [-0.4, -0.2) is 41.1 Å². The van der Waals surface area contributed by atoms with Crippen LogP contribution in [0.25, 0.3) is 0 Å². The zero-order chi connectivity index (χ0) is 21.4. The summed E-state index contributed by atoms with van der Waals surface area (Å²) in [6.45, 7) is 5.39. The molecule has 0 fully saturated rings. The second-order valence-electron chi connectivity index (χ2n) is 6.58. The molecule has 2 N–H and O–H groups in total. The van der Waals surface area contributed by atoms with Crippen LogP contribution in [-0.2, 0) is 19.1 Å². The number of carbonyl (C=O) groups excluding carboxylic acids is 3. The third kappa shape index (κ3) is 7.26. The number of nitrogens with one attached hydrogen (secondary N) is 2. The first-order valence-electron chi connectivity index (χ1n) is 9.07. The van der Waals surface area contributed by atoms with Crippen LogP contribution in [0.4, 0.5) is 5.82 Å². The Morgan fingerprint density at radius 2 is 1.90 bits per heavy atom. The number of benzene rings is 1. The SMILES string of the molecule is COC(=O)C[C@@H](NC(=O)CS[C@H](C)C(=O)Nc1cc(C)on1)c1ccc(C)cc1. The van der Waals surface area contributed by atoms with E-state index < -0.39 is 17.3 Å². The molecule has 0 unspecified atom stereocenters. The summed E-state index contributed by atoms with van der Waals surface area (Å²) in [5.41, 5.74) is 1.89. The fraction of sp³-hybridized carbons (Fsp3) is 0.400. The lowest BCUT2D eigenvalue weighted by Crippen LogP contribution is -2.33. The molecule has 2 rings (SSSR count). The Morgan fingerprint density at radius 1 is 1.21 bits per heavy atom. The van der Waals surface area contributed by atoms with Crippen molar-refractivity contribution >= 4 is 35.4 Å². The lowest BCUT2D eigenvalue weighted by atomic mass is 10.0. The summed E-state index contributed by atoms with van der Waals surface area (Å²) in [6.07, 6.45) is 0.0253. The first kappa shape index (κ1) is 22.5. The Balaban J connectivity index is 1.90. The summed E-state index contributed by atoms with van der Waals surface area (Å²) in [5, 5.41) is 8.71. The quantitative estimate of drug-likeness (QED) is 0.601. The lowest BCUT2D eigenvalue weighted by Gasteiger charge is -2.19. The van der Waals surface area contributed by atoms with Crippen LogP contribution >= 0.6 is 11.8 Å². The van der Waals surface area contributed by atoms with Crippen molar-refractivity contribution in [1.82, 2.24) is 10.5 Å². The summed E-state index contributed by atoms with van der Waals surface area (Å²) in [5.74, 6) is 0.0201. The Bertz CT molecular complexity index is 850. The summed E-state index contributed by atoms with van der Waals surface area (Å²) in [6, 6.07) is 8.68. The number of anilines is 1. The number of ether oxygens (including phenoxy) is 1. The van der Waals surface area contributed by atoms with E-state index in [1.165, 1.54) is 18.9 Å². The number of hydrogen-bond donors (Lipinski definition) is 2. The minimum absolute atomic E-state index is 0.0253. The van der Waals surface area contributed by atoms with E-state index in [-0.39, 0.29) is 24.0 Å². The van der Waals surface area contributed by atoms with Crippen LogP contribution in [0, 0.1) is 13.8 Å². The predicted molar refractivity (Wildman–Crippen MR) is 110 cm³/mol. The van der Waals surface area contributed by atoms with Crippen molar-refractivity contribution in [2.24, 2.45) is 0 Å². The van der Waals surface area contributed by atoms with E-state index in [1.54, 1.807) is 19.9 Å². The molecule has 0 spiro atoms. The van der Waals surface area contributed by atoms with Gasteiger partial charge in [-0.05, 0) is 26.3 Å². The van der Waals surface area contributed by atoms with Gasteiger partial charge >= 0.3 is 5.97 Å². The molecule has 0 aliphatic carbocycles. The molecule has 29 heavy (non-hydrogen) atoms. The Kier molecular flexibility index (Phi) is 8.26. The van der Waals surface area contributed by atoms with E-state index >= 15 is 0 Å². The van der Waals surface area contributed by atoms with Gasteiger partial charge in [0.1, 0.15) is 5.76 Å². The lowest BCUT2D eigenvalue weighted by molar-refractivity contribution is -0.141. The van der Waals surface area contributed by atoms with Crippen molar-refractivity contribution in [3.05, 3.63) is 47.2 Å². The second-order valence-corrected chi connectivity index (χ2v) is 7.91. The van der Waals surface area contributed by atoms with Gasteiger partial charge in [-0.1, -0.05) is 35.0 Å². The van der Waals surface area contributed by atoms with Gasteiger partial charge in [-0.25, -0.2) is 0 Å². The highest BCUT2D eigenvalue weighted by Gasteiger charge is 2.21. The van der Waals surface area contributed by atoms with Crippen molar-refractivity contribution in [1.29, 1.82) is 0 Å². The fourth-order valence-electron chi connectivity index (χ4n) is 2.47. The molecular weight excluding hydrogens is 394 g/mol. The highest BCUT2D eigenvalue weighted by atomic mass is 32.2. The summed E-state index contributed by atoms with van der Waals surface area (Å²) in [4.78, 5) is 36.3. The third-order valence-electron chi connectivity index (χ3n) is 4.13. The van der Waals surface area contributed by atoms with Gasteiger partial charge in [0.25, 0.3) is 0 Å². The van der Waals surface area contributed by atoms with E-state index in [0.29, 0.717) is 11.6 Å². The molecule has 2 aromatic rings. The Hall–Kier alpha value is -2.81. The first-order valence-corrected chi connectivity index (χ1v) is 10.1. The molecule has 0 bridgehead atoms. The highest BCUT2D eigenvalue weighted by molar-refractivity contribution is 8.01. The van der Waals surface area contributed by atoms with Crippen LogP contribution in [0.3, 0.4) is 0 Å². The maximum atomic E-state index is 12.4. The number of esters is 1. The van der Waals surface area contributed by atoms with Crippen molar-refractivity contribution in [2.75, 3.05) is 18.2 Å². The maximum Gasteiger partial charge on any atom is 0.307 e. The van der Waals surface area contributed by atoms with Crippen LogP contribution < -0.4 is 10.6 Å². The van der Waals surface area contributed by atoms with Gasteiger partial charge in [-0.3, -0.25) is 14.4 Å². The highest BCUT2D eigenvalue weighted by Crippen LogP contribution is 2.20. The molecule has 0 aliphatic heterocycles. The maximum absolute atomic E-state index is 12.4. The van der Waals surface area contributed by atoms with E-state index in [4.69, 9.17) is 9.26 Å². The number of methoxy groups -OCH3 is 1. The van der Waals surface area contributed by atoms with Crippen molar-refractivity contribution in [3.8, 4) is 0 Å². The smallest absolute Gasteiger partial charge is 0.307 e. The zero-order valence-corrected chi connectivity index (χ0v) is 17.7. The number of nitrogens with zero attached hydrogens (tertiary/aromatic N) is 1. The Morgan fingerprint density at radius 3 is 2.48 bits per heavy atom. The number of aryl methyl sites for hydroxylation is 2. The summed E-state index contributed by atoms with van der Waals surface area (Å²) >= 11 is 1.18. The number of amides is 2. The second kappa shape index (κ2) is 10.7. The average molecular weight is 420 g/mol. The minimum atomic E-state index is -0.501. The Labute approximate surface area is 173 Å². The molecule has 156 valence electrons. The van der Waals surface area contributed by atoms with Crippen molar-refractivity contribution < 1.29 is 23.6 Å². The standard InChI is InChI=1S/C20H25N3O5S/c1-12-5-7-15(8-6-12)16(10-19(25)27-4)21-18(24)11-29-14(3)20(26)22-17-9-13(2)28-23-17/h5-9,14,16H,10-11H2,1-4H3,(H,21,24)(H,22,23,26)/t14-,16-/m1/s1. The monoisotopic (exact) mass is 419 g/mol. The molecule has 0 saturated carbocycles. The van der Waals surface area contributed by atoms with Crippen LogP contribution in [0.1, 0.15) is 36.3 Å². The topological polar surface area (TPSA) is 111 Å². The van der Waals surface area contributed by atoms with Crippen molar-refractivity contribution in [2.45, 2.75) is 38.5 Å². The van der Waals surface area contributed by atoms with Crippen LogP contribution in [0.2, 0.25) is 0 Å². The number of carbonyl (C=O) groups is 3. The minimum Gasteiger partial charge on any atom is -0.469 e. The van der Waals surface area contributed by atoms with Gasteiger partial charge in [0, 0.05) is 6.07 Å². The number of aromatic nitrogens is 1. The molecule has 2 amide bonds. The molecular formula is C20H25N3O5S. The van der Waals surface area contributed by atoms with Gasteiger partial charge in [-0.2, -0.15) is 0 Å². The zero-order valence-electron chi connectivity index (χ0n) is 16.9. The molecule has 1 heterocycles. The van der Waals surface area contributed by atoms with E-state index in [9.17, 15) is 14.4 Å². The number of hydrogen-bond acceptors (Lipinski definition) is 7. The number of thioether (sulfide) groups is 1. The molecule has 1 aromatic heterocycles. The normalized spacial score (nSPS) is 12.7. The molecule has 1 aromatic carbocycles. The molecule has 9 heteroatoms. The van der Waals surface area contributed by atoms with E-state index in [1.807, 2.05) is 31.2 Å². The van der Waals surface area contributed by atoms with Gasteiger partial charge in [-0.15, -0.1) is 11.8 Å². The molecule has 8 nitrogen and oxygen atoms in total. The molecule has 0 aliphatic rings. The summed E-state index contributed by atoms with van der Waals surface area (Å²) in [7, 11) is 1.31. The van der Waals surface area contributed by atoms with Crippen LogP contribution in [0.5, 0.6) is 0 Å². The van der Waals surface area contributed by atoms with Gasteiger partial charge < -0.3 is 19.9 Å². The van der Waals surface area contributed by atoms with E-state index in [0.717, 1.165) is 11.1 Å². The van der Waals surface area contributed by atoms with Crippen LogP contribution in [0.15, 0.2) is 34.9 Å². The summed E-state index contributed by atoms with van der Waals surface area (Å²) < 4.78 is 9.64. The van der Waals surface area contributed by atoms with Crippen molar-refractivity contribution in [3.63, 3.8) is 0 Å². The third-order valence-corrected chi connectivity index (χ3v) is 5.27. The largest absolute Gasteiger partial charge is 0.469 e.